The minimum absolute atomic E-state index is 0.394. The number of piperidine rings is 1. The highest BCUT2D eigenvalue weighted by atomic mass is 15.2. The second-order valence-corrected chi connectivity index (χ2v) is 5.21. The fraction of sp³-hybridized carbons (Fsp3) is 1.00. The number of likely N-dealkylation sites (tertiary alicyclic amines) is 1. The number of nitrogens with two attached hydrogens (primary N) is 1. The Morgan fingerprint density at radius 1 is 1.29 bits per heavy atom. The highest BCUT2D eigenvalue weighted by Crippen LogP contribution is 2.24. The van der Waals surface area contributed by atoms with Gasteiger partial charge in [0.25, 0.3) is 0 Å². The molecule has 0 bridgehead atoms. The van der Waals surface area contributed by atoms with Crippen LogP contribution in [-0.2, 0) is 0 Å². The third kappa shape index (κ3) is 2.96. The molecule has 0 amide bonds. The molecule has 1 saturated heterocycles. The largest absolute Gasteiger partial charge is 0.327 e. The fourth-order valence-electron chi connectivity index (χ4n) is 2.32. The zero-order valence-electron chi connectivity index (χ0n) is 10.2. The van der Waals surface area contributed by atoms with Crippen molar-refractivity contribution in [1.82, 2.24) is 4.90 Å². The molecule has 0 aromatic carbocycles. The monoisotopic (exact) mass is 198 g/mol. The van der Waals surface area contributed by atoms with Gasteiger partial charge in [-0.2, -0.15) is 0 Å². The summed E-state index contributed by atoms with van der Waals surface area (Å²) in [6.45, 7) is 11.6. The maximum absolute atomic E-state index is 6.10. The molecule has 0 saturated carbocycles. The Labute approximate surface area is 88.8 Å². The van der Waals surface area contributed by atoms with Crippen molar-refractivity contribution in [3.63, 3.8) is 0 Å². The van der Waals surface area contributed by atoms with E-state index in [1.807, 2.05) is 0 Å². The molecule has 2 nitrogen and oxygen atoms in total. The highest BCUT2D eigenvalue weighted by molar-refractivity contribution is 4.84. The second-order valence-electron chi connectivity index (χ2n) is 5.21. The summed E-state index contributed by atoms with van der Waals surface area (Å²) >= 11 is 0. The van der Waals surface area contributed by atoms with Gasteiger partial charge in [-0.05, 0) is 31.6 Å². The number of hydrogen-bond acceptors (Lipinski definition) is 2. The van der Waals surface area contributed by atoms with Crippen LogP contribution in [-0.4, -0.2) is 30.1 Å². The van der Waals surface area contributed by atoms with Gasteiger partial charge in [-0.15, -0.1) is 0 Å². The van der Waals surface area contributed by atoms with Gasteiger partial charge in [0.1, 0.15) is 0 Å². The predicted octanol–water partition coefficient (Wildman–Crippen LogP) is 2.09. The molecule has 0 aromatic heterocycles. The van der Waals surface area contributed by atoms with E-state index in [-0.39, 0.29) is 0 Å². The van der Waals surface area contributed by atoms with Crippen LogP contribution in [0.2, 0.25) is 0 Å². The molecule has 1 rings (SSSR count). The van der Waals surface area contributed by atoms with Crippen LogP contribution in [0.1, 0.15) is 40.5 Å². The molecule has 1 aliphatic rings. The average molecular weight is 198 g/mol. The molecular formula is C12H26N2. The van der Waals surface area contributed by atoms with Gasteiger partial charge in [-0.3, -0.25) is 4.90 Å². The Balaban J connectivity index is 2.53. The van der Waals surface area contributed by atoms with Gasteiger partial charge in [0.2, 0.25) is 0 Å². The van der Waals surface area contributed by atoms with E-state index in [4.69, 9.17) is 5.73 Å². The van der Waals surface area contributed by atoms with E-state index in [2.05, 4.69) is 32.6 Å². The molecule has 14 heavy (non-hydrogen) atoms. The summed E-state index contributed by atoms with van der Waals surface area (Å²) in [5.74, 6) is 1.57. The Morgan fingerprint density at radius 3 is 2.43 bits per heavy atom. The third-order valence-electron chi connectivity index (χ3n) is 3.70. The first-order valence-corrected chi connectivity index (χ1v) is 6.04. The van der Waals surface area contributed by atoms with E-state index in [0.717, 1.165) is 18.4 Å². The lowest BCUT2D eigenvalue weighted by atomic mass is 9.85. The second kappa shape index (κ2) is 5.13. The summed E-state index contributed by atoms with van der Waals surface area (Å²) < 4.78 is 0. The zero-order valence-corrected chi connectivity index (χ0v) is 10.2. The van der Waals surface area contributed by atoms with Crippen molar-refractivity contribution in [2.45, 2.75) is 52.6 Å². The van der Waals surface area contributed by atoms with Crippen LogP contribution in [0.15, 0.2) is 0 Å². The molecule has 3 atom stereocenters. The zero-order chi connectivity index (χ0) is 10.7. The first-order chi connectivity index (χ1) is 6.54. The molecule has 0 spiro atoms. The van der Waals surface area contributed by atoms with Crippen molar-refractivity contribution < 1.29 is 0 Å². The van der Waals surface area contributed by atoms with Crippen LogP contribution >= 0.6 is 0 Å². The molecule has 2 heteroatoms. The standard InChI is InChI=1S/C12H26N2/c1-5-10(4)14-7-11(9(2)3)6-12(13)8-14/h9-12H,5-8,13H2,1-4H3. The number of rotatable bonds is 3. The molecule has 84 valence electrons. The number of nitrogens with zero attached hydrogens (tertiary/aromatic N) is 1. The maximum Gasteiger partial charge on any atom is 0.0171 e. The maximum atomic E-state index is 6.10. The average Bonchev–Trinajstić information content (AvgIpc) is 2.15. The first-order valence-electron chi connectivity index (χ1n) is 6.04. The van der Waals surface area contributed by atoms with E-state index in [1.165, 1.54) is 19.4 Å². The summed E-state index contributed by atoms with van der Waals surface area (Å²) in [5, 5.41) is 0. The lowest BCUT2D eigenvalue weighted by Gasteiger charge is -2.41. The van der Waals surface area contributed by atoms with Gasteiger partial charge in [0.05, 0.1) is 0 Å². The summed E-state index contributed by atoms with van der Waals surface area (Å²) in [6, 6.07) is 1.09. The van der Waals surface area contributed by atoms with E-state index < -0.39 is 0 Å². The van der Waals surface area contributed by atoms with E-state index >= 15 is 0 Å². The summed E-state index contributed by atoms with van der Waals surface area (Å²) in [6.07, 6.45) is 2.45. The quantitative estimate of drug-likeness (QED) is 0.752. The van der Waals surface area contributed by atoms with E-state index in [0.29, 0.717) is 12.1 Å². The van der Waals surface area contributed by atoms with Crippen LogP contribution < -0.4 is 5.73 Å². The highest BCUT2D eigenvalue weighted by Gasteiger charge is 2.28. The third-order valence-corrected chi connectivity index (χ3v) is 3.70. The fourth-order valence-corrected chi connectivity index (χ4v) is 2.32. The van der Waals surface area contributed by atoms with E-state index in [1.54, 1.807) is 0 Å². The SMILES string of the molecule is CCC(C)N1CC(N)CC(C(C)C)C1. The Kier molecular flexibility index (Phi) is 4.39. The lowest BCUT2D eigenvalue weighted by Crippen LogP contribution is -2.51. The van der Waals surface area contributed by atoms with Crippen molar-refractivity contribution >= 4 is 0 Å². The molecule has 3 unspecified atom stereocenters. The molecular weight excluding hydrogens is 172 g/mol. The summed E-state index contributed by atoms with van der Waals surface area (Å²) in [5.41, 5.74) is 6.10. The minimum atomic E-state index is 0.394. The topological polar surface area (TPSA) is 29.3 Å². The van der Waals surface area contributed by atoms with Crippen LogP contribution in [0.25, 0.3) is 0 Å². The van der Waals surface area contributed by atoms with Crippen LogP contribution in [0.3, 0.4) is 0 Å². The minimum Gasteiger partial charge on any atom is -0.327 e. The van der Waals surface area contributed by atoms with Crippen LogP contribution in [0.5, 0.6) is 0 Å². The lowest BCUT2D eigenvalue weighted by molar-refractivity contribution is 0.0938. The summed E-state index contributed by atoms with van der Waals surface area (Å²) in [7, 11) is 0. The molecule has 0 radical (unpaired) electrons. The van der Waals surface area contributed by atoms with Crippen molar-refractivity contribution in [3.8, 4) is 0 Å². The van der Waals surface area contributed by atoms with Gasteiger partial charge < -0.3 is 5.73 Å². The molecule has 1 heterocycles. The van der Waals surface area contributed by atoms with Gasteiger partial charge in [0.15, 0.2) is 0 Å². The molecule has 1 aliphatic heterocycles. The van der Waals surface area contributed by atoms with Gasteiger partial charge in [0, 0.05) is 25.2 Å². The van der Waals surface area contributed by atoms with Crippen molar-refractivity contribution in [3.05, 3.63) is 0 Å². The smallest absolute Gasteiger partial charge is 0.0171 e. The summed E-state index contributed by atoms with van der Waals surface area (Å²) in [4.78, 5) is 2.57. The Morgan fingerprint density at radius 2 is 1.93 bits per heavy atom. The van der Waals surface area contributed by atoms with E-state index in [9.17, 15) is 0 Å². The van der Waals surface area contributed by atoms with Crippen LogP contribution in [0.4, 0.5) is 0 Å². The van der Waals surface area contributed by atoms with Gasteiger partial charge >= 0.3 is 0 Å². The normalized spacial score (nSPS) is 32.1. The molecule has 1 fully saturated rings. The van der Waals surface area contributed by atoms with Crippen molar-refractivity contribution in [2.75, 3.05) is 13.1 Å². The predicted molar refractivity (Wildman–Crippen MR) is 62.2 cm³/mol. The van der Waals surface area contributed by atoms with Crippen molar-refractivity contribution in [2.24, 2.45) is 17.6 Å². The van der Waals surface area contributed by atoms with Gasteiger partial charge in [-0.25, -0.2) is 0 Å². The van der Waals surface area contributed by atoms with Gasteiger partial charge in [-0.1, -0.05) is 20.8 Å². The Bertz CT molecular complexity index is 168. The first kappa shape index (κ1) is 12.0. The molecule has 0 aliphatic carbocycles. The van der Waals surface area contributed by atoms with Crippen molar-refractivity contribution in [1.29, 1.82) is 0 Å². The molecule has 2 N–H and O–H groups in total. The van der Waals surface area contributed by atoms with Crippen LogP contribution in [0, 0.1) is 11.8 Å². The Hall–Kier alpha value is -0.0800. The molecule has 0 aromatic rings. The number of hydrogen-bond donors (Lipinski definition) is 1.